The fourth-order valence-corrected chi connectivity index (χ4v) is 4.36. The third-order valence-corrected chi connectivity index (χ3v) is 6.58. The molecule has 3 rings (SSSR count). The maximum absolute atomic E-state index is 10.6. The third-order valence-electron chi connectivity index (χ3n) is 6.58. The van der Waals surface area contributed by atoms with Crippen molar-refractivity contribution in [3.8, 4) is 11.4 Å². The summed E-state index contributed by atoms with van der Waals surface area (Å²) >= 11 is 0. The van der Waals surface area contributed by atoms with Crippen molar-refractivity contribution in [2.45, 2.75) is 96.1 Å². The first-order valence-corrected chi connectivity index (χ1v) is 13.4. The minimum absolute atomic E-state index is 0.124. The van der Waals surface area contributed by atoms with Crippen LogP contribution in [-0.4, -0.2) is 51.3 Å². The highest BCUT2D eigenvalue weighted by molar-refractivity contribution is 5.74. The van der Waals surface area contributed by atoms with E-state index < -0.39 is 12.1 Å². The maximum atomic E-state index is 10.6. The molecule has 0 spiro atoms. The zero-order valence-electron chi connectivity index (χ0n) is 22.1. The van der Waals surface area contributed by atoms with Crippen LogP contribution in [0, 0.1) is 5.41 Å². The van der Waals surface area contributed by atoms with Crippen molar-refractivity contribution in [3.05, 3.63) is 35.7 Å². The van der Waals surface area contributed by atoms with Gasteiger partial charge in [0.05, 0.1) is 5.92 Å². The fraction of sp³-hybridized carbons (Fsp3) is 0.630. The molecule has 1 aromatic heterocycles. The van der Waals surface area contributed by atoms with Gasteiger partial charge in [-0.1, -0.05) is 87.7 Å². The number of likely N-dealkylation sites (tertiary alicyclic amines) is 1. The third kappa shape index (κ3) is 11.1. The zero-order chi connectivity index (χ0) is 28.0. The summed E-state index contributed by atoms with van der Waals surface area (Å²) in [5, 5.41) is 19.1. The lowest BCUT2D eigenvalue weighted by Gasteiger charge is -2.22. The number of benzene rings is 1. The van der Waals surface area contributed by atoms with Gasteiger partial charge >= 0.3 is 12.1 Å². The molecule has 0 bridgehead atoms. The highest BCUT2D eigenvalue weighted by Crippen LogP contribution is 2.27. The van der Waals surface area contributed by atoms with Crippen LogP contribution in [0.3, 0.4) is 0 Å². The van der Waals surface area contributed by atoms with E-state index in [9.17, 15) is 13.2 Å². The van der Waals surface area contributed by atoms with Crippen LogP contribution in [0.2, 0.25) is 0 Å². The van der Waals surface area contributed by atoms with Crippen molar-refractivity contribution in [2.75, 3.05) is 13.1 Å². The lowest BCUT2D eigenvalue weighted by atomic mass is 10.0. The van der Waals surface area contributed by atoms with E-state index in [1.165, 1.54) is 56.9 Å². The molecule has 1 aliphatic heterocycles. The maximum Gasteiger partial charge on any atom is 0.490 e. The number of carbonyl (C=O) groups is 1. The van der Waals surface area contributed by atoms with Crippen LogP contribution < -0.4 is 5.73 Å². The molecule has 38 heavy (non-hydrogen) atoms. The molecule has 2 aromatic rings. The molecule has 1 aromatic carbocycles. The fourth-order valence-electron chi connectivity index (χ4n) is 4.36. The van der Waals surface area contributed by atoms with Crippen LogP contribution in [0.1, 0.15) is 94.9 Å². The molecule has 1 aliphatic rings. The number of hydrogen-bond acceptors (Lipinski definition) is 5. The average molecular weight is 540 g/mol. The van der Waals surface area contributed by atoms with Gasteiger partial charge in [0, 0.05) is 18.7 Å². The number of nitrogens with zero attached hydrogens (tertiary/aromatic N) is 3. The Hall–Kier alpha value is -3.11. The van der Waals surface area contributed by atoms with E-state index in [4.69, 9.17) is 25.6 Å². The highest BCUT2D eigenvalue weighted by atomic mass is 19.4. The van der Waals surface area contributed by atoms with E-state index in [0.29, 0.717) is 18.3 Å². The molecule has 1 saturated heterocycles. The molecule has 1 unspecified atom stereocenters. The van der Waals surface area contributed by atoms with Gasteiger partial charge in [-0.25, -0.2) is 4.79 Å². The number of carboxylic acids is 1. The number of aryl methyl sites for hydroxylation is 1. The summed E-state index contributed by atoms with van der Waals surface area (Å²) in [4.78, 5) is 15.5. The lowest BCUT2D eigenvalue weighted by molar-refractivity contribution is -0.192. The number of aromatic nitrogens is 2. The van der Waals surface area contributed by atoms with Gasteiger partial charge < -0.3 is 20.3 Å². The van der Waals surface area contributed by atoms with E-state index in [1.54, 1.807) is 0 Å². The number of guanidine groups is 1. The summed E-state index contributed by atoms with van der Waals surface area (Å²) in [5.74, 6) is -1.20. The molecule has 0 saturated carbocycles. The summed E-state index contributed by atoms with van der Waals surface area (Å²) in [5.41, 5.74) is 8.07. The summed E-state index contributed by atoms with van der Waals surface area (Å²) < 4.78 is 37.3. The number of nitrogens with two attached hydrogens (primary N) is 1. The van der Waals surface area contributed by atoms with Crippen molar-refractivity contribution in [2.24, 2.45) is 5.73 Å². The Morgan fingerprint density at radius 1 is 1.11 bits per heavy atom. The van der Waals surface area contributed by atoms with Crippen LogP contribution in [0.25, 0.3) is 11.4 Å². The van der Waals surface area contributed by atoms with Gasteiger partial charge in [0.25, 0.3) is 0 Å². The predicted octanol–water partition coefficient (Wildman–Crippen LogP) is 6.52. The topological polar surface area (TPSA) is 129 Å². The Morgan fingerprint density at radius 3 is 2.29 bits per heavy atom. The predicted molar refractivity (Wildman–Crippen MR) is 140 cm³/mol. The SMILES string of the molecule is CCCCCCCCCCc1ccc(-c2noc(C3CCCCN(C(=N)N)C3)n2)cc1.O=C(O)C(F)(F)F. The van der Waals surface area contributed by atoms with Crippen molar-refractivity contribution in [3.63, 3.8) is 0 Å². The molecule has 0 amide bonds. The smallest absolute Gasteiger partial charge is 0.475 e. The van der Waals surface area contributed by atoms with Crippen LogP contribution >= 0.6 is 0 Å². The van der Waals surface area contributed by atoms with Crippen molar-refractivity contribution < 1.29 is 27.6 Å². The summed E-state index contributed by atoms with van der Waals surface area (Å²) in [6, 6.07) is 8.58. The summed E-state index contributed by atoms with van der Waals surface area (Å²) in [6.45, 7) is 3.77. The van der Waals surface area contributed by atoms with Gasteiger partial charge in [0.1, 0.15) is 0 Å². The van der Waals surface area contributed by atoms with E-state index in [2.05, 4.69) is 41.3 Å². The van der Waals surface area contributed by atoms with Gasteiger partial charge in [0.15, 0.2) is 5.96 Å². The molecule has 0 radical (unpaired) electrons. The van der Waals surface area contributed by atoms with Crippen molar-refractivity contribution in [1.29, 1.82) is 5.41 Å². The van der Waals surface area contributed by atoms with Crippen LogP contribution in [0.15, 0.2) is 28.8 Å². The van der Waals surface area contributed by atoms with Crippen LogP contribution in [0.5, 0.6) is 0 Å². The lowest BCUT2D eigenvalue weighted by Crippen LogP contribution is -2.38. The van der Waals surface area contributed by atoms with Gasteiger partial charge in [-0.2, -0.15) is 18.2 Å². The Balaban J connectivity index is 0.000000638. The summed E-state index contributed by atoms with van der Waals surface area (Å²) in [7, 11) is 0. The Labute approximate surface area is 222 Å². The standard InChI is InChI=1S/C25H39N5O.C2HF3O2/c1-2-3-4-5-6-7-8-9-12-20-14-16-21(17-15-20)23-28-24(31-29-23)22-13-10-11-18-30(19-22)25(26)27;3-2(4,5)1(6)7/h14-17,22H,2-13,18-19H2,1H3,(H3,26,27);(H,6,7). The largest absolute Gasteiger partial charge is 0.490 e. The number of nitrogens with one attached hydrogen (secondary N) is 1. The Bertz CT molecular complexity index is 979. The van der Waals surface area contributed by atoms with Crippen molar-refractivity contribution in [1.82, 2.24) is 15.0 Å². The molecule has 8 nitrogen and oxygen atoms in total. The first kappa shape index (κ1) is 31.1. The normalized spacial score (nSPS) is 15.9. The molecular formula is C27H40F3N5O3. The number of unbranched alkanes of at least 4 members (excludes halogenated alkanes) is 7. The molecule has 1 fully saturated rings. The van der Waals surface area contributed by atoms with E-state index in [-0.39, 0.29) is 11.9 Å². The van der Waals surface area contributed by atoms with Gasteiger partial charge in [-0.05, 0) is 31.2 Å². The molecule has 4 N–H and O–H groups in total. The number of rotatable bonds is 11. The van der Waals surface area contributed by atoms with Crippen LogP contribution in [-0.2, 0) is 11.2 Å². The molecule has 0 aliphatic carbocycles. The highest BCUT2D eigenvalue weighted by Gasteiger charge is 2.38. The first-order chi connectivity index (χ1) is 18.1. The quantitative estimate of drug-likeness (QED) is 0.168. The van der Waals surface area contributed by atoms with Gasteiger partial charge in [-0.15, -0.1) is 0 Å². The van der Waals surface area contributed by atoms with Crippen molar-refractivity contribution >= 4 is 11.9 Å². The minimum Gasteiger partial charge on any atom is -0.475 e. The van der Waals surface area contributed by atoms with Crippen LogP contribution in [0.4, 0.5) is 13.2 Å². The van der Waals surface area contributed by atoms with E-state index in [0.717, 1.165) is 37.8 Å². The molecule has 2 heterocycles. The Morgan fingerprint density at radius 2 is 1.71 bits per heavy atom. The number of alkyl halides is 3. The summed E-state index contributed by atoms with van der Waals surface area (Å²) in [6.07, 6.45) is 9.96. The molecule has 1 atom stereocenters. The molecule has 11 heteroatoms. The number of aliphatic carboxylic acids is 1. The first-order valence-electron chi connectivity index (χ1n) is 13.4. The van der Waals surface area contributed by atoms with Gasteiger partial charge in [0.2, 0.25) is 11.7 Å². The second-order valence-corrected chi connectivity index (χ2v) is 9.70. The zero-order valence-corrected chi connectivity index (χ0v) is 22.1. The average Bonchev–Trinajstić information content (AvgIpc) is 3.23. The molecule has 212 valence electrons. The second-order valence-electron chi connectivity index (χ2n) is 9.70. The Kier molecular flexibility index (Phi) is 13.1. The van der Waals surface area contributed by atoms with E-state index >= 15 is 0 Å². The monoisotopic (exact) mass is 539 g/mol. The number of hydrogen-bond donors (Lipinski definition) is 3. The second kappa shape index (κ2) is 16.0. The number of halogens is 3. The minimum atomic E-state index is -5.08. The van der Waals surface area contributed by atoms with E-state index in [1.807, 2.05) is 4.90 Å². The van der Waals surface area contributed by atoms with Gasteiger partial charge in [-0.3, -0.25) is 5.41 Å². The molecular weight excluding hydrogens is 499 g/mol. The number of carboxylic acid groups (broad SMARTS) is 1.